The van der Waals surface area contributed by atoms with Crippen LogP contribution >= 0.6 is 0 Å². The lowest BCUT2D eigenvalue weighted by atomic mass is 10.1. The molecular formula is C17H16FNO3. The van der Waals surface area contributed by atoms with Gasteiger partial charge in [-0.15, -0.1) is 0 Å². The van der Waals surface area contributed by atoms with E-state index >= 15 is 0 Å². The van der Waals surface area contributed by atoms with E-state index in [0.717, 1.165) is 11.3 Å². The van der Waals surface area contributed by atoms with Gasteiger partial charge < -0.3 is 14.4 Å². The molecule has 0 bridgehead atoms. The van der Waals surface area contributed by atoms with Gasteiger partial charge in [-0.3, -0.25) is 4.79 Å². The van der Waals surface area contributed by atoms with E-state index < -0.39 is 5.82 Å². The third-order valence-electron chi connectivity index (χ3n) is 3.81. The van der Waals surface area contributed by atoms with Crippen LogP contribution in [0.1, 0.15) is 21.5 Å². The van der Waals surface area contributed by atoms with Gasteiger partial charge in [-0.1, -0.05) is 18.2 Å². The number of carbonyl (C=O) groups excluding carboxylic acids is 1. The highest BCUT2D eigenvalue weighted by Crippen LogP contribution is 2.31. The predicted molar refractivity (Wildman–Crippen MR) is 79.5 cm³/mol. The molecule has 1 aliphatic rings. The number of fused-ring (bicyclic) bond motifs is 1. The predicted octanol–water partition coefficient (Wildman–Crippen LogP) is 3.00. The summed E-state index contributed by atoms with van der Waals surface area (Å²) in [6.07, 6.45) is 0. The van der Waals surface area contributed by atoms with Crippen LogP contribution in [0.2, 0.25) is 0 Å². The van der Waals surface area contributed by atoms with Crippen molar-refractivity contribution in [2.45, 2.75) is 13.1 Å². The molecule has 5 heteroatoms. The van der Waals surface area contributed by atoms with Crippen molar-refractivity contribution in [1.82, 2.24) is 4.90 Å². The monoisotopic (exact) mass is 301 g/mol. The second-order valence-electron chi connectivity index (χ2n) is 5.13. The Labute approximate surface area is 128 Å². The van der Waals surface area contributed by atoms with Gasteiger partial charge in [-0.05, 0) is 29.3 Å². The van der Waals surface area contributed by atoms with Crippen LogP contribution in [-0.4, -0.2) is 25.0 Å². The molecule has 0 saturated heterocycles. The number of amides is 1. The molecule has 0 atom stereocenters. The number of carbonyl (C=O) groups is 1. The van der Waals surface area contributed by atoms with Crippen molar-refractivity contribution in [3.63, 3.8) is 0 Å². The highest BCUT2D eigenvalue weighted by atomic mass is 19.1. The van der Waals surface area contributed by atoms with E-state index in [1.165, 1.54) is 7.11 Å². The third-order valence-corrected chi connectivity index (χ3v) is 3.81. The Morgan fingerprint density at radius 1 is 1.09 bits per heavy atom. The summed E-state index contributed by atoms with van der Waals surface area (Å²) in [7, 11) is 2.99. The quantitative estimate of drug-likeness (QED) is 0.871. The minimum atomic E-state index is -0.581. The van der Waals surface area contributed by atoms with E-state index in [0.29, 0.717) is 18.7 Å². The Morgan fingerprint density at radius 3 is 2.45 bits per heavy atom. The maximum atomic E-state index is 14.2. The van der Waals surface area contributed by atoms with Crippen molar-refractivity contribution in [1.29, 1.82) is 0 Å². The summed E-state index contributed by atoms with van der Waals surface area (Å²) in [5.41, 5.74) is 1.78. The van der Waals surface area contributed by atoms with Gasteiger partial charge in [0.2, 0.25) is 0 Å². The fourth-order valence-corrected chi connectivity index (χ4v) is 2.63. The lowest BCUT2D eigenvalue weighted by Crippen LogP contribution is -2.23. The third kappa shape index (κ3) is 2.39. The van der Waals surface area contributed by atoms with Crippen LogP contribution in [0.5, 0.6) is 11.5 Å². The Morgan fingerprint density at radius 2 is 1.82 bits per heavy atom. The molecule has 0 N–H and O–H groups in total. The number of benzene rings is 2. The zero-order chi connectivity index (χ0) is 15.7. The zero-order valence-corrected chi connectivity index (χ0v) is 12.4. The summed E-state index contributed by atoms with van der Waals surface area (Å²) in [6, 6.07) is 10.8. The average molecular weight is 301 g/mol. The Hall–Kier alpha value is -2.56. The Kier molecular flexibility index (Phi) is 3.71. The molecule has 4 nitrogen and oxygen atoms in total. The van der Waals surface area contributed by atoms with Crippen molar-refractivity contribution in [2.24, 2.45) is 0 Å². The molecule has 22 heavy (non-hydrogen) atoms. The first-order valence-electron chi connectivity index (χ1n) is 6.91. The Bertz CT molecular complexity index is 713. The van der Waals surface area contributed by atoms with E-state index in [1.54, 1.807) is 24.1 Å². The highest BCUT2D eigenvalue weighted by Gasteiger charge is 2.32. The first-order valence-corrected chi connectivity index (χ1v) is 6.91. The Balaban J connectivity index is 1.83. The maximum Gasteiger partial charge on any atom is 0.257 e. The summed E-state index contributed by atoms with van der Waals surface area (Å²) >= 11 is 0. The van der Waals surface area contributed by atoms with Gasteiger partial charge in [-0.25, -0.2) is 4.39 Å². The molecule has 0 radical (unpaired) electrons. The van der Waals surface area contributed by atoms with Crippen LogP contribution < -0.4 is 9.47 Å². The number of hydrogen-bond acceptors (Lipinski definition) is 3. The van der Waals surface area contributed by atoms with Gasteiger partial charge >= 0.3 is 0 Å². The number of nitrogens with zero attached hydrogens (tertiary/aromatic N) is 1. The lowest BCUT2D eigenvalue weighted by molar-refractivity contribution is 0.0763. The SMILES string of the molecule is COc1ccc(CN2Cc3ccc(OC)c(F)c3C2=O)cc1. The number of methoxy groups -OCH3 is 2. The van der Waals surface area contributed by atoms with Crippen LogP contribution in [0.15, 0.2) is 36.4 Å². The van der Waals surface area contributed by atoms with E-state index in [9.17, 15) is 9.18 Å². The molecule has 1 amide bonds. The summed E-state index contributed by atoms with van der Waals surface area (Å²) in [4.78, 5) is 14.0. The fraction of sp³-hybridized carbons (Fsp3) is 0.235. The van der Waals surface area contributed by atoms with Crippen molar-refractivity contribution in [2.75, 3.05) is 14.2 Å². The molecule has 0 unspecified atom stereocenters. The van der Waals surface area contributed by atoms with Crippen molar-refractivity contribution in [3.05, 3.63) is 58.9 Å². The topological polar surface area (TPSA) is 38.8 Å². The van der Waals surface area contributed by atoms with Crippen molar-refractivity contribution >= 4 is 5.91 Å². The minimum absolute atomic E-state index is 0.0957. The second-order valence-corrected chi connectivity index (χ2v) is 5.13. The van der Waals surface area contributed by atoms with E-state index in [1.807, 2.05) is 24.3 Å². The summed E-state index contributed by atoms with van der Waals surface area (Å²) in [6.45, 7) is 0.834. The van der Waals surface area contributed by atoms with E-state index in [2.05, 4.69) is 0 Å². The molecule has 0 aromatic heterocycles. The normalized spacial score (nSPS) is 13.2. The molecule has 0 saturated carbocycles. The van der Waals surface area contributed by atoms with Crippen molar-refractivity contribution < 1.29 is 18.7 Å². The summed E-state index contributed by atoms with van der Waals surface area (Å²) in [5, 5.41) is 0. The number of hydrogen-bond donors (Lipinski definition) is 0. The largest absolute Gasteiger partial charge is 0.497 e. The molecule has 2 aromatic carbocycles. The highest BCUT2D eigenvalue weighted by molar-refractivity contribution is 5.99. The smallest absolute Gasteiger partial charge is 0.257 e. The summed E-state index contributed by atoms with van der Waals surface area (Å²) in [5.74, 6) is -0.0292. The van der Waals surface area contributed by atoms with Crippen LogP contribution in [-0.2, 0) is 13.1 Å². The van der Waals surface area contributed by atoms with Gasteiger partial charge in [0.1, 0.15) is 5.75 Å². The molecule has 114 valence electrons. The summed E-state index contributed by atoms with van der Waals surface area (Å²) < 4.78 is 24.3. The van der Waals surface area contributed by atoms with E-state index in [4.69, 9.17) is 9.47 Å². The molecule has 3 rings (SSSR count). The zero-order valence-electron chi connectivity index (χ0n) is 12.4. The lowest BCUT2D eigenvalue weighted by Gasteiger charge is -2.15. The standard InChI is InChI=1S/C17H16FNO3/c1-21-13-6-3-11(4-7-13)9-19-10-12-5-8-14(22-2)16(18)15(12)17(19)20/h3-8H,9-10H2,1-2H3. The second kappa shape index (κ2) is 5.67. The van der Waals surface area contributed by atoms with Crippen molar-refractivity contribution in [3.8, 4) is 11.5 Å². The fourth-order valence-electron chi connectivity index (χ4n) is 2.63. The van der Waals surface area contributed by atoms with E-state index in [-0.39, 0.29) is 17.2 Å². The molecular weight excluding hydrogens is 285 g/mol. The van der Waals surface area contributed by atoms with Gasteiger partial charge in [0.15, 0.2) is 11.6 Å². The number of ether oxygens (including phenoxy) is 2. The van der Waals surface area contributed by atoms with Crippen LogP contribution in [0.3, 0.4) is 0 Å². The van der Waals surface area contributed by atoms with Crippen LogP contribution in [0.25, 0.3) is 0 Å². The van der Waals surface area contributed by atoms with Gasteiger partial charge in [-0.2, -0.15) is 0 Å². The number of halogens is 1. The first-order chi connectivity index (χ1) is 10.6. The molecule has 0 aliphatic carbocycles. The maximum absolute atomic E-state index is 14.2. The minimum Gasteiger partial charge on any atom is -0.497 e. The first kappa shape index (κ1) is 14.4. The van der Waals surface area contributed by atoms with Gasteiger partial charge in [0.25, 0.3) is 5.91 Å². The molecule has 1 aliphatic heterocycles. The average Bonchev–Trinajstić information content (AvgIpc) is 2.85. The van der Waals surface area contributed by atoms with Crippen LogP contribution in [0, 0.1) is 5.82 Å². The van der Waals surface area contributed by atoms with Gasteiger partial charge in [0.05, 0.1) is 19.8 Å². The molecule has 2 aromatic rings. The number of rotatable bonds is 4. The molecule has 0 spiro atoms. The molecule has 0 fully saturated rings. The molecule has 1 heterocycles. The van der Waals surface area contributed by atoms with Gasteiger partial charge in [0, 0.05) is 13.1 Å². The van der Waals surface area contributed by atoms with Crippen LogP contribution in [0.4, 0.5) is 4.39 Å².